The molecule has 0 spiro atoms. The molecule has 1 fully saturated rings. The van der Waals surface area contributed by atoms with Crippen LogP contribution in [-0.2, 0) is 10.9 Å². The van der Waals surface area contributed by atoms with E-state index in [1.54, 1.807) is 4.98 Å². The van der Waals surface area contributed by atoms with E-state index in [9.17, 15) is 22.8 Å². The number of morpholine rings is 1. The van der Waals surface area contributed by atoms with Crippen molar-refractivity contribution < 1.29 is 27.4 Å². The van der Waals surface area contributed by atoms with Crippen LogP contribution in [0.15, 0.2) is 35.1 Å². The lowest BCUT2D eigenvalue weighted by Crippen LogP contribution is -2.58. The number of halogens is 3. The molecule has 1 aromatic carbocycles. The van der Waals surface area contributed by atoms with Gasteiger partial charge < -0.3 is 20.2 Å². The Hall–Kier alpha value is -2.85. The lowest BCUT2D eigenvalue weighted by atomic mass is 10.0. The van der Waals surface area contributed by atoms with E-state index in [1.807, 2.05) is 7.05 Å². The zero-order valence-corrected chi connectivity index (χ0v) is 17.4. The van der Waals surface area contributed by atoms with Gasteiger partial charge in [-0.2, -0.15) is 13.2 Å². The molecule has 1 aliphatic rings. The Morgan fingerprint density at radius 1 is 1.32 bits per heavy atom. The highest BCUT2D eigenvalue weighted by molar-refractivity contribution is 5.94. The number of benzene rings is 1. The molecule has 0 saturated carbocycles. The Labute approximate surface area is 176 Å². The van der Waals surface area contributed by atoms with Crippen LogP contribution >= 0.6 is 0 Å². The molecule has 0 bridgehead atoms. The zero-order chi connectivity index (χ0) is 23.0. The summed E-state index contributed by atoms with van der Waals surface area (Å²) < 4.78 is 51.7. The van der Waals surface area contributed by atoms with Crippen molar-refractivity contribution in [3.8, 4) is 16.9 Å². The molecule has 0 radical (unpaired) electrons. The first-order chi connectivity index (χ1) is 14.4. The first kappa shape index (κ1) is 22.8. The smallest absolute Gasteiger partial charge is 0.431 e. The number of alkyl halides is 3. The summed E-state index contributed by atoms with van der Waals surface area (Å²) in [5, 5.41) is 0. The second kappa shape index (κ2) is 8.35. The van der Waals surface area contributed by atoms with Crippen LogP contribution in [-0.4, -0.2) is 54.2 Å². The van der Waals surface area contributed by atoms with Crippen molar-refractivity contribution in [2.24, 2.45) is 5.73 Å². The number of amides is 1. The molecule has 168 valence electrons. The van der Waals surface area contributed by atoms with Crippen molar-refractivity contribution in [1.29, 1.82) is 0 Å². The molecular formula is C21H24F3N3O4. The van der Waals surface area contributed by atoms with Gasteiger partial charge in [-0.15, -0.1) is 0 Å². The van der Waals surface area contributed by atoms with Crippen molar-refractivity contribution in [2.75, 3.05) is 26.9 Å². The molecule has 10 heteroatoms. The summed E-state index contributed by atoms with van der Waals surface area (Å²) in [6, 6.07) is 6.79. The minimum Gasteiger partial charge on any atom is -0.492 e. The number of aromatic amines is 1. The number of hydrogen-bond donors (Lipinski definition) is 2. The number of nitrogens with one attached hydrogen (secondary N) is 1. The molecule has 1 aromatic heterocycles. The first-order valence-electron chi connectivity index (χ1n) is 9.58. The molecule has 31 heavy (non-hydrogen) atoms. The number of ether oxygens (including phenoxy) is 2. The number of aromatic nitrogens is 1. The fourth-order valence-corrected chi connectivity index (χ4v) is 3.40. The second-order valence-electron chi connectivity index (χ2n) is 8.09. The number of rotatable bonds is 5. The van der Waals surface area contributed by atoms with E-state index in [-0.39, 0.29) is 22.7 Å². The van der Waals surface area contributed by atoms with Crippen molar-refractivity contribution >= 4 is 5.91 Å². The Bertz CT molecular complexity index is 1020. The molecule has 0 aliphatic carbocycles. The maximum Gasteiger partial charge on any atom is 0.431 e. The third-order valence-corrected chi connectivity index (χ3v) is 5.47. The van der Waals surface area contributed by atoms with Gasteiger partial charge in [0.2, 0.25) is 0 Å². The highest BCUT2D eigenvalue weighted by Gasteiger charge is 2.36. The van der Waals surface area contributed by atoms with Crippen molar-refractivity contribution in [3.05, 3.63) is 51.9 Å². The van der Waals surface area contributed by atoms with E-state index < -0.39 is 28.9 Å². The molecule has 7 nitrogen and oxygen atoms in total. The van der Waals surface area contributed by atoms with Gasteiger partial charge in [0.25, 0.3) is 11.5 Å². The molecule has 3 N–H and O–H groups in total. The molecule has 1 amide bonds. The van der Waals surface area contributed by atoms with Crippen LogP contribution in [0.25, 0.3) is 11.1 Å². The number of carbonyl (C=O) groups excluding carboxylic acids is 1. The lowest BCUT2D eigenvalue weighted by molar-refractivity contribution is -0.140. The van der Waals surface area contributed by atoms with Gasteiger partial charge in [-0.05, 0) is 44.7 Å². The van der Waals surface area contributed by atoms with Gasteiger partial charge in [0.15, 0.2) is 0 Å². The average Bonchev–Trinajstić information content (AvgIpc) is 2.68. The van der Waals surface area contributed by atoms with E-state index in [2.05, 4.69) is 18.7 Å². The number of hydrogen-bond acceptors (Lipinski definition) is 5. The summed E-state index contributed by atoms with van der Waals surface area (Å²) in [5.41, 5.74) is 1.79. The van der Waals surface area contributed by atoms with Crippen molar-refractivity contribution in [1.82, 2.24) is 9.88 Å². The summed E-state index contributed by atoms with van der Waals surface area (Å²) in [6.45, 7) is 5.61. The maximum atomic E-state index is 13.4. The number of nitrogens with two attached hydrogens (primary N) is 1. The normalized spacial score (nSPS) is 19.2. The molecule has 1 unspecified atom stereocenters. The maximum absolute atomic E-state index is 13.4. The van der Waals surface area contributed by atoms with Gasteiger partial charge in [-0.3, -0.25) is 14.5 Å². The topological polar surface area (TPSA) is 97.6 Å². The van der Waals surface area contributed by atoms with Crippen LogP contribution in [0.3, 0.4) is 0 Å². The monoisotopic (exact) mass is 439 g/mol. The van der Waals surface area contributed by atoms with E-state index in [4.69, 9.17) is 15.2 Å². The quantitative estimate of drug-likeness (QED) is 0.747. The number of pyridine rings is 1. The fourth-order valence-electron chi connectivity index (χ4n) is 3.40. The Morgan fingerprint density at radius 3 is 2.55 bits per heavy atom. The fraction of sp³-hybridized carbons (Fsp3) is 0.429. The van der Waals surface area contributed by atoms with Gasteiger partial charge in [0.05, 0.1) is 19.3 Å². The van der Waals surface area contributed by atoms with Crippen LogP contribution in [0.5, 0.6) is 5.75 Å². The SMILES string of the molecule is CN1C(COc2ccc(-c3cc(C(N)=O)c(=O)[nH]c3C(F)(F)F)cc2)COCC1(C)C. The largest absolute Gasteiger partial charge is 0.492 e. The van der Waals surface area contributed by atoms with Crippen LogP contribution in [0.2, 0.25) is 0 Å². The highest BCUT2D eigenvalue weighted by atomic mass is 19.4. The van der Waals surface area contributed by atoms with Gasteiger partial charge in [-0.25, -0.2) is 0 Å². The molecular weight excluding hydrogens is 415 g/mol. The molecule has 1 atom stereocenters. The third-order valence-electron chi connectivity index (χ3n) is 5.47. The molecule has 1 saturated heterocycles. The first-order valence-corrected chi connectivity index (χ1v) is 9.58. The number of likely N-dealkylation sites (N-methyl/N-ethyl adjacent to an activating group) is 1. The lowest BCUT2D eigenvalue weighted by Gasteiger charge is -2.44. The number of carbonyl (C=O) groups is 1. The second-order valence-corrected chi connectivity index (χ2v) is 8.09. The number of primary amides is 1. The Balaban J connectivity index is 1.84. The standard InChI is InChI=1S/C21H24F3N3O4/c1-20(2)11-30-9-13(27(20)3)10-31-14-6-4-12(5-7-14)15-8-16(18(25)28)19(29)26-17(15)21(22,23)24/h4-8,13H,9-11H2,1-3H3,(H2,25,28)(H,26,29). The third kappa shape index (κ3) is 4.91. The van der Waals surface area contributed by atoms with E-state index in [1.165, 1.54) is 24.3 Å². The minimum absolute atomic E-state index is 0.0255. The summed E-state index contributed by atoms with van der Waals surface area (Å²) in [4.78, 5) is 27.1. The highest BCUT2D eigenvalue weighted by Crippen LogP contribution is 2.36. The molecule has 2 aromatic rings. The Kier molecular flexibility index (Phi) is 6.15. The van der Waals surface area contributed by atoms with E-state index >= 15 is 0 Å². The summed E-state index contributed by atoms with van der Waals surface area (Å²) in [5.74, 6) is -0.647. The van der Waals surface area contributed by atoms with Crippen molar-refractivity contribution in [3.63, 3.8) is 0 Å². The predicted molar refractivity (Wildman–Crippen MR) is 108 cm³/mol. The number of H-pyrrole nitrogens is 1. The predicted octanol–water partition coefficient (Wildman–Crippen LogP) is 2.65. The number of nitrogens with zero attached hydrogens (tertiary/aromatic N) is 1. The van der Waals surface area contributed by atoms with Gasteiger partial charge in [0, 0.05) is 11.1 Å². The van der Waals surface area contributed by atoms with Gasteiger partial charge >= 0.3 is 6.18 Å². The van der Waals surface area contributed by atoms with Gasteiger partial charge in [0.1, 0.15) is 23.6 Å². The molecule has 1 aliphatic heterocycles. The van der Waals surface area contributed by atoms with Gasteiger partial charge in [-0.1, -0.05) is 12.1 Å². The van der Waals surface area contributed by atoms with Crippen LogP contribution in [0.1, 0.15) is 29.9 Å². The molecule has 2 heterocycles. The average molecular weight is 439 g/mol. The summed E-state index contributed by atoms with van der Waals surface area (Å²) >= 11 is 0. The minimum atomic E-state index is -4.82. The summed E-state index contributed by atoms with van der Waals surface area (Å²) in [7, 11) is 1.99. The summed E-state index contributed by atoms with van der Waals surface area (Å²) in [6.07, 6.45) is -4.82. The van der Waals surface area contributed by atoms with Crippen molar-refractivity contribution in [2.45, 2.75) is 31.6 Å². The van der Waals surface area contributed by atoms with E-state index in [0.717, 1.165) is 6.07 Å². The van der Waals surface area contributed by atoms with Crippen LogP contribution in [0, 0.1) is 0 Å². The van der Waals surface area contributed by atoms with Crippen LogP contribution in [0.4, 0.5) is 13.2 Å². The van der Waals surface area contributed by atoms with E-state index in [0.29, 0.717) is 25.6 Å². The molecule has 3 rings (SSSR count). The Morgan fingerprint density at radius 2 is 1.97 bits per heavy atom. The van der Waals surface area contributed by atoms with Crippen LogP contribution < -0.4 is 16.0 Å². The zero-order valence-electron chi connectivity index (χ0n) is 17.4.